The molecule has 0 N–H and O–H groups in total. The maximum Gasteiger partial charge on any atom is 0.0689 e. The van der Waals surface area contributed by atoms with Gasteiger partial charge in [-0.25, -0.2) is 5.01 Å². The zero-order chi connectivity index (χ0) is 33.8. The molecule has 248 valence electrons. The van der Waals surface area contributed by atoms with E-state index in [-0.39, 0.29) is 0 Å². The largest absolute Gasteiger partial charge is 0.288 e. The quantitative estimate of drug-likeness (QED) is 0.153. The predicted octanol–water partition coefficient (Wildman–Crippen LogP) is 11.0. The van der Waals surface area contributed by atoms with Gasteiger partial charge in [-0.15, -0.1) is 0 Å². The van der Waals surface area contributed by atoms with Gasteiger partial charge in [0.05, 0.1) is 35.9 Å². The van der Waals surface area contributed by atoms with Gasteiger partial charge in [-0.2, -0.15) is 10.2 Å². The molecule has 0 aromatic heterocycles. The first-order valence-corrected chi connectivity index (χ1v) is 17.8. The van der Waals surface area contributed by atoms with Crippen molar-refractivity contribution < 1.29 is 0 Å². The highest BCUT2D eigenvalue weighted by Crippen LogP contribution is 2.29. The first-order valence-electron chi connectivity index (χ1n) is 17.8. The molecule has 6 aromatic carbocycles. The molecule has 0 unspecified atom stereocenters. The fraction of sp³-hybridized carbons (Fsp3) is 0.174. The van der Waals surface area contributed by atoms with E-state index < -0.39 is 0 Å². The van der Waals surface area contributed by atoms with E-state index in [1.165, 1.54) is 51.2 Å². The second-order valence-corrected chi connectivity index (χ2v) is 12.9. The molecule has 8 rings (SSSR count). The molecule has 0 heterocycles. The number of anilines is 2. The molecule has 0 bridgehead atoms. The third-order valence-corrected chi connectivity index (χ3v) is 9.28. The Morgan fingerprint density at radius 2 is 0.760 bits per heavy atom. The zero-order valence-corrected chi connectivity index (χ0v) is 28.6. The lowest BCUT2D eigenvalue weighted by atomic mass is 9.90. The molecule has 4 heteroatoms. The Labute approximate surface area is 297 Å². The average molecular weight is 653 g/mol. The van der Waals surface area contributed by atoms with Gasteiger partial charge in [0.1, 0.15) is 0 Å². The second kappa shape index (κ2) is 16.6. The van der Waals surface area contributed by atoms with Crippen LogP contribution in [0.2, 0.25) is 0 Å². The van der Waals surface area contributed by atoms with Crippen molar-refractivity contribution in [1.82, 2.24) is 5.01 Å². The van der Waals surface area contributed by atoms with Gasteiger partial charge >= 0.3 is 0 Å². The van der Waals surface area contributed by atoms with Crippen molar-refractivity contribution in [2.24, 2.45) is 10.2 Å². The van der Waals surface area contributed by atoms with E-state index in [1.807, 2.05) is 12.1 Å². The first-order chi connectivity index (χ1) is 24.8. The van der Waals surface area contributed by atoms with E-state index in [1.54, 1.807) is 0 Å². The minimum atomic E-state index is 0.821. The number of hydrogen-bond acceptors (Lipinski definition) is 4. The molecule has 50 heavy (non-hydrogen) atoms. The summed E-state index contributed by atoms with van der Waals surface area (Å²) in [5.41, 5.74) is 12.6. The Morgan fingerprint density at radius 3 is 1.22 bits per heavy atom. The summed E-state index contributed by atoms with van der Waals surface area (Å²) in [6.07, 6.45) is 6.72. The summed E-state index contributed by atoms with van der Waals surface area (Å²) >= 11 is 0. The molecule has 0 aliphatic heterocycles. The number of hydrogen-bond donors (Lipinski definition) is 0. The van der Waals surface area contributed by atoms with E-state index in [0.717, 1.165) is 56.6 Å². The number of fused-ring (bicyclic) bond motifs is 2. The van der Waals surface area contributed by atoms with Crippen molar-refractivity contribution in [2.45, 2.75) is 51.6 Å². The van der Waals surface area contributed by atoms with Crippen LogP contribution in [-0.2, 0) is 25.9 Å². The standard InChI is InChI=1S/C24H24N2.C22H20N2/c1-3-10-20(11-4-1)18-26(19-21-12-5-2-6-13-21)25-24-17-9-15-22-14-7-8-16-23(22)24;1-3-12-19(13-4-1)24(20-14-5-2-6-15-20)23-22-17-9-11-18-10-7-8-16-21(18)22/h1-8,10-14,16H,9,15,17-19H2;1-8,10,12-16H,9,11,17H2. The van der Waals surface area contributed by atoms with E-state index in [0.29, 0.717) is 0 Å². The van der Waals surface area contributed by atoms with E-state index in [2.05, 4.69) is 168 Å². The van der Waals surface area contributed by atoms with Crippen LogP contribution < -0.4 is 5.01 Å². The number of rotatable bonds is 8. The Morgan fingerprint density at radius 1 is 0.380 bits per heavy atom. The molecule has 0 atom stereocenters. The van der Waals surface area contributed by atoms with Crippen molar-refractivity contribution in [3.8, 4) is 0 Å². The molecule has 6 aromatic rings. The van der Waals surface area contributed by atoms with Crippen molar-refractivity contribution in [3.05, 3.63) is 203 Å². The maximum absolute atomic E-state index is 5.12. The molecular formula is C46H44N4. The highest BCUT2D eigenvalue weighted by Gasteiger charge is 2.18. The van der Waals surface area contributed by atoms with Crippen LogP contribution >= 0.6 is 0 Å². The van der Waals surface area contributed by atoms with Crippen LogP contribution in [0.4, 0.5) is 11.4 Å². The van der Waals surface area contributed by atoms with Gasteiger partial charge in [0.15, 0.2) is 0 Å². The third-order valence-electron chi connectivity index (χ3n) is 9.28. The van der Waals surface area contributed by atoms with Crippen LogP contribution in [-0.4, -0.2) is 16.4 Å². The van der Waals surface area contributed by atoms with E-state index >= 15 is 0 Å². The number of para-hydroxylation sites is 2. The number of hydrazone groups is 2. The maximum atomic E-state index is 5.12. The minimum Gasteiger partial charge on any atom is -0.288 e. The van der Waals surface area contributed by atoms with Crippen molar-refractivity contribution in [1.29, 1.82) is 0 Å². The van der Waals surface area contributed by atoms with Crippen LogP contribution in [0.25, 0.3) is 0 Å². The normalized spacial score (nSPS) is 15.0. The van der Waals surface area contributed by atoms with Crippen molar-refractivity contribution in [3.63, 3.8) is 0 Å². The third kappa shape index (κ3) is 8.45. The van der Waals surface area contributed by atoms with Gasteiger partial charge in [-0.3, -0.25) is 5.01 Å². The second-order valence-electron chi connectivity index (χ2n) is 12.9. The summed E-state index contributed by atoms with van der Waals surface area (Å²) in [6.45, 7) is 1.64. The Kier molecular flexibility index (Phi) is 10.9. The number of nitrogens with zero attached hydrogens (tertiary/aromatic N) is 4. The molecule has 2 aliphatic rings. The number of aryl methyl sites for hydroxylation is 2. The Bertz CT molecular complexity index is 1920. The summed E-state index contributed by atoms with van der Waals surface area (Å²) < 4.78 is 0. The minimum absolute atomic E-state index is 0.821. The van der Waals surface area contributed by atoms with Crippen LogP contribution in [0.15, 0.2) is 180 Å². The molecule has 0 saturated heterocycles. The fourth-order valence-corrected chi connectivity index (χ4v) is 6.82. The summed E-state index contributed by atoms with van der Waals surface area (Å²) in [6, 6.07) is 59.3. The smallest absolute Gasteiger partial charge is 0.0689 e. The summed E-state index contributed by atoms with van der Waals surface area (Å²) in [4.78, 5) is 0. The fourth-order valence-electron chi connectivity index (χ4n) is 6.82. The molecule has 4 nitrogen and oxygen atoms in total. The molecule has 0 spiro atoms. The molecular weight excluding hydrogens is 609 g/mol. The van der Waals surface area contributed by atoms with Crippen LogP contribution in [0.5, 0.6) is 0 Å². The molecule has 0 saturated carbocycles. The van der Waals surface area contributed by atoms with E-state index in [4.69, 9.17) is 10.2 Å². The van der Waals surface area contributed by atoms with Gasteiger partial charge in [0, 0.05) is 11.1 Å². The van der Waals surface area contributed by atoms with Crippen molar-refractivity contribution >= 4 is 22.8 Å². The van der Waals surface area contributed by atoms with Crippen LogP contribution in [0, 0.1) is 0 Å². The van der Waals surface area contributed by atoms with Gasteiger partial charge in [0.25, 0.3) is 0 Å². The summed E-state index contributed by atoms with van der Waals surface area (Å²) in [5.74, 6) is 0. The highest BCUT2D eigenvalue weighted by molar-refractivity contribution is 6.03. The summed E-state index contributed by atoms with van der Waals surface area (Å²) in [7, 11) is 0. The Hall–Kier alpha value is -5.74. The summed E-state index contributed by atoms with van der Waals surface area (Å²) in [5, 5.41) is 14.4. The molecule has 0 fully saturated rings. The molecule has 0 radical (unpaired) electrons. The lowest BCUT2D eigenvalue weighted by molar-refractivity contribution is 0.270. The average Bonchev–Trinajstić information content (AvgIpc) is 3.19. The van der Waals surface area contributed by atoms with Gasteiger partial charge in [-0.1, -0.05) is 146 Å². The monoisotopic (exact) mass is 652 g/mol. The van der Waals surface area contributed by atoms with E-state index in [9.17, 15) is 0 Å². The number of benzene rings is 6. The van der Waals surface area contributed by atoms with Gasteiger partial charge in [-0.05, 0) is 85.0 Å². The highest BCUT2D eigenvalue weighted by atomic mass is 15.5. The lowest BCUT2D eigenvalue weighted by Gasteiger charge is -2.24. The van der Waals surface area contributed by atoms with Crippen LogP contribution in [0.3, 0.4) is 0 Å². The lowest BCUT2D eigenvalue weighted by Crippen LogP contribution is -2.21. The molecule has 2 aliphatic carbocycles. The van der Waals surface area contributed by atoms with Gasteiger partial charge < -0.3 is 0 Å². The van der Waals surface area contributed by atoms with Crippen molar-refractivity contribution in [2.75, 3.05) is 5.01 Å². The van der Waals surface area contributed by atoms with Gasteiger partial charge in [0.2, 0.25) is 0 Å². The van der Waals surface area contributed by atoms with Crippen LogP contribution in [0.1, 0.15) is 59.1 Å². The predicted molar refractivity (Wildman–Crippen MR) is 209 cm³/mol. The topological polar surface area (TPSA) is 31.2 Å². The Balaban J connectivity index is 0.000000157. The zero-order valence-electron chi connectivity index (χ0n) is 28.6. The SMILES string of the molecule is c1ccc(CN(Cc2ccccc2)N=C2CCCc3ccccc32)cc1.c1ccc(N(N=C2CCCc3ccccc32)c2ccccc2)cc1. The molecule has 0 amide bonds. The first kappa shape index (κ1) is 32.8.